The van der Waals surface area contributed by atoms with Crippen LogP contribution in [0.5, 0.6) is 5.75 Å². The van der Waals surface area contributed by atoms with E-state index in [1.165, 1.54) is 0 Å². The molecule has 0 spiro atoms. The van der Waals surface area contributed by atoms with Crippen LogP contribution in [0.25, 0.3) is 10.9 Å². The molecule has 0 saturated carbocycles. The predicted octanol–water partition coefficient (Wildman–Crippen LogP) is 4.20. The van der Waals surface area contributed by atoms with E-state index in [2.05, 4.69) is 24.1 Å². The van der Waals surface area contributed by atoms with Crippen molar-refractivity contribution >= 4 is 28.5 Å². The van der Waals surface area contributed by atoms with Gasteiger partial charge < -0.3 is 14.8 Å². The molecule has 0 fully saturated rings. The van der Waals surface area contributed by atoms with E-state index in [0.29, 0.717) is 36.2 Å². The summed E-state index contributed by atoms with van der Waals surface area (Å²) in [6.45, 7) is 7.77. The van der Waals surface area contributed by atoms with Crippen LogP contribution in [0.2, 0.25) is 0 Å². The largest absolute Gasteiger partial charge is 0.492 e. The number of nitrogens with zero attached hydrogens (tertiary/aromatic N) is 2. The minimum absolute atomic E-state index is 0.352. The average Bonchev–Trinajstić information content (AvgIpc) is 2.82. The Morgan fingerprint density at radius 1 is 1.12 bits per heavy atom. The number of nitrogens with one attached hydrogen (secondary N) is 1. The third kappa shape index (κ3) is 4.98. The topological polar surface area (TPSA) is 80.8 Å². The van der Waals surface area contributed by atoms with Gasteiger partial charge in [-0.15, -0.1) is 0 Å². The molecular weight excluding hydrogens is 418 g/mol. The third-order valence-electron chi connectivity index (χ3n) is 5.81. The number of esters is 1. The highest BCUT2D eigenvalue weighted by atomic mass is 16.5. The highest BCUT2D eigenvalue weighted by molar-refractivity contribution is 6.06. The Balaban J connectivity index is 1.56. The number of hydrogen-bond donors (Lipinski definition) is 1. The molecule has 7 heteroatoms. The van der Waals surface area contributed by atoms with E-state index in [0.717, 1.165) is 35.1 Å². The number of rotatable bonds is 7. The lowest BCUT2D eigenvalue weighted by Gasteiger charge is -2.32. The van der Waals surface area contributed by atoms with Crippen LogP contribution >= 0.6 is 0 Å². The quantitative estimate of drug-likeness (QED) is 0.547. The number of para-hydroxylation sites is 3. The maximum absolute atomic E-state index is 13.3. The molecule has 1 aromatic heterocycles. The first-order valence-corrected chi connectivity index (χ1v) is 11.3. The summed E-state index contributed by atoms with van der Waals surface area (Å²) in [4.78, 5) is 32.9. The molecular formula is C26H29N3O4. The van der Waals surface area contributed by atoms with Gasteiger partial charge >= 0.3 is 5.97 Å². The van der Waals surface area contributed by atoms with Crippen molar-refractivity contribution in [3.8, 4) is 5.75 Å². The first-order chi connectivity index (χ1) is 16.0. The van der Waals surface area contributed by atoms with Crippen LogP contribution in [0.15, 0.2) is 48.5 Å². The van der Waals surface area contributed by atoms with Gasteiger partial charge in [0, 0.05) is 42.2 Å². The van der Waals surface area contributed by atoms with Crippen LogP contribution in [0.3, 0.4) is 0 Å². The van der Waals surface area contributed by atoms with Gasteiger partial charge in [-0.1, -0.05) is 30.3 Å². The highest BCUT2D eigenvalue weighted by Gasteiger charge is 2.28. The molecule has 172 valence electrons. The summed E-state index contributed by atoms with van der Waals surface area (Å²) in [6.07, 6.45) is 0.771. The van der Waals surface area contributed by atoms with Crippen LogP contribution in [0.4, 0.5) is 5.69 Å². The van der Waals surface area contributed by atoms with E-state index in [1.54, 1.807) is 18.2 Å². The molecule has 3 aromatic rings. The fraction of sp³-hybridized carbons (Fsp3) is 0.346. The first kappa shape index (κ1) is 22.7. The molecule has 7 nitrogen and oxygen atoms in total. The molecule has 0 unspecified atom stereocenters. The van der Waals surface area contributed by atoms with Crippen molar-refractivity contribution in [2.45, 2.75) is 39.8 Å². The number of anilines is 1. The van der Waals surface area contributed by atoms with Crippen LogP contribution in [0.1, 0.15) is 42.4 Å². The molecule has 1 amide bonds. The van der Waals surface area contributed by atoms with Gasteiger partial charge in [0.25, 0.3) is 5.91 Å². The molecule has 1 aliphatic rings. The normalized spacial score (nSPS) is 13.6. The van der Waals surface area contributed by atoms with Gasteiger partial charge in [0.15, 0.2) is 6.61 Å². The van der Waals surface area contributed by atoms with Gasteiger partial charge in [0.1, 0.15) is 5.75 Å². The number of benzene rings is 2. The number of amides is 1. The van der Waals surface area contributed by atoms with Gasteiger partial charge in [-0.25, -0.2) is 4.79 Å². The molecule has 1 aliphatic heterocycles. The van der Waals surface area contributed by atoms with E-state index < -0.39 is 18.5 Å². The number of pyridine rings is 1. The van der Waals surface area contributed by atoms with Crippen molar-refractivity contribution in [1.82, 2.24) is 9.88 Å². The van der Waals surface area contributed by atoms with E-state index in [1.807, 2.05) is 37.3 Å². The Morgan fingerprint density at radius 3 is 2.67 bits per heavy atom. The summed E-state index contributed by atoms with van der Waals surface area (Å²) < 4.78 is 11.0. The second-order valence-electron chi connectivity index (χ2n) is 8.30. The minimum atomic E-state index is -0.510. The third-order valence-corrected chi connectivity index (χ3v) is 5.81. The van der Waals surface area contributed by atoms with Crippen molar-refractivity contribution in [1.29, 1.82) is 0 Å². The number of carbonyl (C=O) groups excluding carboxylic acids is 2. The molecule has 2 aromatic carbocycles. The fourth-order valence-electron chi connectivity index (χ4n) is 4.13. The summed E-state index contributed by atoms with van der Waals surface area (Å²) in [7, 11) is 0. The predicted molar refractivity (Wildman–Crippen MR) is 128 cm³/mol. The number of fused-ring (bicyclic) bond motifs is 2. The maximum atomic E-state index is 13.3. The zero-order chi connectivity index (χ0) is 23.4. The SMILES string of the molecule is CCOc1ccccc1NC(=O)COC(=O)c1c2c(nc3ccccc13)CCN(C(C)C)C2. The van der Waals surface area contributed by atoms with Gasteiger partial charge in [0.2, 0.25) is 0 Å². The molecule has 0 bridgehead atoms. The molecule has 0 aliphatic carbocycles. The van der Waals surface area contributed by atoms with Crippen molar-refractivity contribution in [2.75, 3.05) is 25.1 Å². The van der Waals surface area contributed by atoms with Gasteiger partial charge in [0.05, 0.1) is 23.4 Å². The zero-order valence-electron chi connectivity index (χ0n) is 19.3. The summed E-state index contributed by atoms with van der Waals surface area (Å²) in [5, 5.41) is 3.51. The molecule has 0 saturated heterocycles. The first-order valence-electron chi connectivity index (χ1n) is 11.3. The number of hydrogen-bond acceptors (Lipinski definition) is 6. The Kier molecular flexibility index (Phi) is 6.89. The van der Waals surface area contributed by atoms with Crippen LogP contribution in [-0.2, 0) is 22.5 Å². The monoisotopic (exact) mass is 447 g/mol. The van der Waals surface area contributed by atoms with Gasteiger partial charge in [-0.3, -0.25) is 14.7 Å². The van der Waals surface area contributed by atoms with Crippen LogP contribution < -0.4 is 10.1 Å². The minimum Gasteiger partial charge on any atom is -0.492 e. The maximum Gasteiger partial charge on any atom is 0.339 e. The standard InChI is InChI=1S/C26H29N3O4/c1-4-32-23-12-8-7-11-22(23)28-24(30)16-33-26(31)25-18-9-5-6-10-20(18)27-21-13-14-29(17(2)3)15-19(21)25/h5-12,17H,4,13-16H2,1-3H3,(H,28,30). The van der Waals surface area contributed by atoms with Crippen LogP contribution in [-0.4, -0.2) is 47.6 Å². The summed E-state index contributed by atoms with van der Waals surface area (Å²) >= 11 is 0. The Labute approximate surface area is 193 Å². The number of ether oxygens (including phenoxy) is 2. The van der Waals surface area contributed by atoms with E-state index >= 15 is 0 Å². The summed E-state index contributed by atoms with van der Waals surface area (Å²) in [5.41, 5.74) is 3.62. The molecule has 0 radical (unpaired) electrons. The lowest BCUT2D eigenvalue weighted by Crippen LogP contribution is -2.37. The lowest BCUT2D eigenvalue weighted by molar-refractivity contribution is -0.119. The molecule has 2 heterocycles. The van der Waals surface area contributed by atoms with Gasteiger partial charge in [-0.2, -0.15) is 0 Å². The average molecular weight is 448 g/mol. The summed E-state index contributed by atoms with van der Waals surface area (Å²) in [5.74, 6) is -0.363. The van der Waals surface area contributed by atoms with Gasteiger partial charge in [-0.05, 0) is 39.0 Å². The molecule has 33 heavy (non-hydrogen) atoms. The Morgan fingerprint density at radius 2 is 1.88 bits per heavy atom. The molecule has 0 atom stereocenters. The number of carbonyl (C=O) groups is 2. The fourth-order valence-corrected chi connectivity index (χ4v) is 4.13. The molecule has 4 rings (SSSR count). The van der Waals surface area contributed by atoms with E-state index in [-0.39, 0.29) is 0 Å². The van der Waals surface area contributed by atoms with Crippen molar-refractivity contribution in [2.24, 2.45) is 0 Å². The zero-order valence-corrected chi connectivity index (χ0v) is 19.3. The van der Waals surface area contributed by atoms with Crippen molar-refractivity contribution in [3.63, 3.8) is 0 Å². The smallest absolute Gasteiger partial charge is 0.339 e. The second-order valence-corrected chi connectivity index (χ2v) is 8.30. The second kappa shape index (κ2) is 10.0. The summed E-state index contributed by atoms with van der Waals surface area (Å²) in [6, 6.07) is 15.1. The number of aromatic nitrogens is 1. The van der Waals surface area contributed by atoms with Crippen molar-refractivity contribution < 1.29 is 19.1 Å². The highest BCUT2D eigenvalue weighted by Crippen LogP contribution is 2.29. The Bertz CT molecular complexity index is 1180. The van der Waals surface area contributed by atoms with E-state index in [9.17, 15) is 9.59 Å². The molecule has 1 N–H and O–H groups in total. The van der Waals surface area contributed by atoms with Crippen molar-refractivity contribution in [3.05, 3.63) is 65.4 Å². The van der Waals surface area contributed by atoms with E-state index in [4.69, 9.17) is 14.5 Å². The van der Waals surface area contributed by atoms with Crippen LogP contribution in [0, 0.1) is 0 Å². The Hall–Kier alpha value is -3.45. The lowest BCUT2D eigenvalue weighted by atomic mass is 9.95.